The molecule has 184 valence electrons. The fraction of sp³-hybridized carbons (Fsp3) is 0.840. The van der Waals surface area contributed by atoms with Gasteiger partial charge in [0.1, 0.15) is 5.54 Å². The fourth-order valence-electron chi connectivity index (χ4n) is 6.08. The number of primary amides is 1. The number of carbonyl (C=O) groups is 3. The third kappa shape index (κ3) is 6.69. The van der Waals surface area contributed by atoms with Gasteiger partial charge in [0.15, 0.2) is 0 Å². The van der Waals surface area contributed by atoms with Crippen molar-refractivity contribution >= 4 is 17.7 Å². The zero-order valence-electron chi connectivity index (χ0n) is 20.2. The van der Waals surface area contributed by atoms with Crippen LogP contribution in [0.4, 0.5) is 0 Å². The molecule has 3 aliphatic rings. The lowest BCUT2D eigenvalue weighted by molar-refractivity contribution is -0.141. The molecule has 1 saturated heterocycles. The Kier molecular flexibility index (Phi) is 9.13. The average Bonchev–Trinajstić information content (AvgIpc) is 3.28. The van der Waals surface area contributed by atoms with E-state index in [4.69, 9.17) is 5.73 Å². The van der Waals surface area contributed by atoms with Gasteiger partial charge in [0.25, 0.3) is 0 Å². The second-order valence-electron chi connectivity index (χ2n) is 10.4. The quantitative estimate of drug-likeness (QED) is 0.548. The predicted molar refractivity (Wildman–Crippen MR) is 126 cm³/mol. The molecule has 0 aromatic heterocycles. The number of likely N-dealkylation sites (N-methyl/N-ethyl adjacent to an activating group) is 1. The van der Waals surface area contributed by atoms with Crippen LogP contribution in [0, 0.1) is 23.2 Å². The van der Waals surface area contributed by atoms with Crippen LogP contribution in [0.15, 0.2) is 0 Å². The minimum absolute atomic E-state index is 0.0286. The van der Waals surface area contributed by atoms with E-state index in [2.05, 4.69) is 16.3 Å². The molecule has 1 heterocycles. The highest BCUT2D eigenvalue weighted by molar-refractivity contribution is 5.88. The number of nitrogens with two attached hydrogens (primary N) is 1. The van der Waals surface area contributed by atoms with Crippen LogP contribution in [0.2, 0.25) is 0 Å². The standard InChI is InChI=1S/C25H41N5O3/c1-29(25(17-26)12-13-30(18-25)21-10-6-3-7-11-21)24(33)20(14-19-8-4-2-5-9-19)15-23(32)28-16-22(27)31/h19-21H,2-16,18H2,1H3,(H2,27,31)(H,28,32). The van der Waals surface area contributed by atoms with Gasteiger partial charge in [-0.1, -0.05) is 51.4 Å². The molecule has 3 fully saturated rings. The Balaban J connectivity index is 1.69. The molecule has 8 heteroatoms. The lowest BCUT2D eigenvalue weighted by Gasteiger charge is -2.37. The molecule has 3 rings (SSSR count). The Labute approximate surface area is 198 Å². The summed E-state index contributed by atoms with van der Waals surface area (Å²) in [7, 11) is 1.74. The van der Waals surface area contributed by atoms with E-state index in [0.29, 0.717) is 31.3 Å². The van der Waals surface area contributed by atoms with Crippen LogP contribution < -0.4 is 11.1 Å². The van der Waals surface area contributed by atoms with Gasteiger partial charge in [-0.2, -0.15) is 5.26 Å². The molecule has 3 N–H and O–H groups in total. The molecule has 0 radical (unpaired) electrons. The first kappa shape index (κ1) is 25.5. The van der Waals surface area contributed by atoms with Crippen molar-refractivity contribution < 1.29 is 14.4 Å². The van der Waals surface area contributed by atoms with Crippen molar-refractivity contribution in [2.75, 3.05) is 26.7 Å². The lowest BCUT2D eigenvalue weighted by atomic mass is 9.81. The minimum atomic E-state index is -0.844. The number of nitrogens with zero attached hydrogens (tertiary/aromatic N) is 3. The van der Waals surface area contributed by atoms with Gasteiger partial charge in [-0.25, -0.2) is 0 Å². The first-order chi connectivity index (χ1) is 15.8. The summed E-state index contributed by atoms with van der Waals surface area (Å²) in [4.78, 5) is 41.3. The number of nitriles is 1. The van der Waals surface area contributed by atoms with Gasteiger partial charge >= 0.3 is 0 Å². The second kappa shape index (κ2) is 11.8. The summed E-state index contributed by atoms with van der Waals surface area (Å²) in [6.45, 7) is 1.19. The summed E-state index contributed by atoms with van der Waals surface area (Å²) >= 11 is 0. The molecular formula is C25H41N5O3. The van der Waals surface area contributed by atoms with E-state index < -0.39 is 17.4 Å². The van der Waals surface area contributed by atoms with Crippen LogP contribution in [0.25, 0.3) is 0 Å². The first-order valence-electron chi connectivity index (χ1n) is 12.8. The Morgan fingerprint density at radius 1 is 1.12 bits per heavy atom. The van der Waals surface area contributed by atoms with E-state index in [0.717, 1.165) is 32.2 Å². The number of amides is 3. The maximum Gasteiger partial charge on any atom is 0.236 e. The highest BCUT2D eigenvalue weighted by Crippen LogP contribution is 2.35. The van der Waals surface area contributed by atoms with Crippen LogP contribution in [0.1, 0.15) is 83.5 Å². The minimum Gasteiger partial charge on any atom is -0.368 e. The van der Waals surface area contributed by atoms with Crippen molar-refractivity contribution in [3.63, 3.8) is 0 Å². The summed E-state index contributed by atoms with van der Waals surface area (Å²) in [6.07, 6.45) is 13.1. The monoisotopic (exact) mass is 459 g/mol. The van der Waals surface area contributed by atoms with E-state index in [-0.39, 0.29) is 24.8 Å². The molecule has 1 aliphatic heterocycles. The predicted octanol–water partition coefficient (Wildman–Crippen LogP) is 2.32. The number of rotatable bonds is 9. The molecule has 33 heavy (non-hydrogen) atoms. The molecule has 0 spiro atoms. The molecule has 0 bridgehead atoms. The van der Waals surface area contributed by atoms with Crippen molar-refractivity contribution in [2.24, 2.45) is 17.6 Å². The van der Waals surface area contributed by atoms with Crippen molar-refractivity contribution in [2.45, 2.75) is 95.1 Å². The van der Waals surface area contributed by atoms with Crippen molar-refractivity contribution in [3.8, 4) is 6.07 Å². The van der Waals surface area contributed by atoms with Crippen molar-refractivity contribution in [1.82, 2.24) is 15.1 Å². The van der Waals surface area contributed by atoms with Gasteiger partial charge in [-0.15, -0.1) is 0 Å². The molecule has 8 nitrogen and oxygen atoms in total. The Morgan fingerprint density at radius 3 is 2.36 bits per heavy atom. The van der Waals surface area contributed by atoms with Crippen LogP contribution in [-0.2, 0) is 14.4 Å². The number of hydrogen-bond donors (Lipinski definition) is 2. The van der Waals surface area contributed by atoms with E-state index >= 15 is 0 Å². The topological polar surface area (TPSA) is 120 Å². The summed E-state index contributed by atoms with van der Waals surface area (Å²) < 4.78 is 0. The fourth-order valence-corrected chi connectivity index (χ4v) is 6.08. The Hall–Kier alpha value is -2.14. The molecule has 0 aromatic rings. The summed E-state index contributed by atoms with van der Waals surface area (Å²) in [5.74, 6) is -1.13. The Bertz CT molecular complexity index is 739. The van der Waals surface area contributed by atoms with Crippen molar-refractivity contribution in [3.05, 3.63) is 0 Å². The van der Waals surface area contributed by atoms with Gasteiger partial charge in [-0.3, -0.25) is 19.3 Å². The van der Waals surface area contributed by atoms with E-state index in [9.17, 15) is 19.6 Å². The summed E-state index contributed by atoms with van der Waals surface area (Å²) in [6, 6.07) is 2.99. The molecule has 0 aromatic carbocycles. The second-order valence-corrected chi connectivity index (χ2v) is 10.4. The maximum atomic E-state index is 13.7. The maximum absolute atomic E-state index is 13.7. The largest absolute Gasteiger partial charge is 0.368 e. The molecule has 2 atom stereocenters. The zero-order valence-corrected chi connectivity index (χ0v) is 20.2. The zero-order chi connectivity index (χ0) is 23.8. The number of carbonyl (C=O) groups excluding carboxylic acids is 3. The molecule has 3 amide bonds. The molecule has 2 aliphatic carbocycles. The first-order valence-corrected chi connectivity index (χ1v) is 12.8. The highest BCUT2D eigenvalue weighted by Gasteiger charge is 2.47. The molecule has 2 saturated carbocycles. The van der Waals surface area contributed by atoms with E-state index in [1.54, 1.807) is 11.9 Å². The van der Waals surface area contributed by atoms with Crippen LogP contribution in [0.5, 0.6) is 0 Å². The Morgan fingerprint density at radius 2 is 1.76 bits per heavy atom. The number of nitrogens with one attached hydrogen (secondary N) is 1. The van der Waals surface area contributed by atoms with Crippen LogP contribution in [0.3, 0.4) is 0 Å². The van der Waals surface area contributed by atoms with Gasteiger partial charge in [0, 0.05) is 38.5 Å². The number of likely N-dealkylation sites (tertiary alicyclic amines) is 1. The SMILES string of the molecule is CN(C(=O)C(CC(=O)NCC(N)=O)CC1CCCCC1)C1(C#N)CCN(C2CCCCC2)C1. The van der Waals surface area contributed by atoms with Gasteiger partial charge in [-0.05, 0) is 31.6 Å². The third-order valence-electron chi connectivity index (χ3n) is 8.13. The normalized spacial score (nSPS) is 25.8. The number of hydrogen-bond acceptors (Lipinski definition) is 5. The van der Waals surface area contributed by atoms with Crippen LogP contribution in [-0.4, -0.2) is 65.8 Å². The van der Waals surface area contributed by atoms with Gasteiger partial charge in [0.05, 0.1) is 12.6 Å². The molecule has 2 unspecified atom stereocenters. The summed E-state index contributed by atoms with van der Waals surface area (Å²) in [5.41, 5.74) is 4.31. The van der Waals surface area contributed by atoms with Gasteiger partial charge in [0.2, 0.25) is 17.7 Å². The molecular weight excluding hydrogens is 418 g/mol. The summed E-state index contributed by atoms with van der Waals surface area (Å²) in [5, 5.41) is 12.7. The van der Waals surface area contributed by atoms with Gasteiger partial charge < -0.3 is 16.0 Å². The highest BCUT2D eigenvalue weighted by atomic mass is 16.2. The van der Waals surface area contributed by atoms with E-state index in [1.807, 2.05) is 0 Å². The smallest absolute Gasteiger partial charge is 0.236 e. The average molecular weight is 460 g/mol. The van der Waals surface area contributed by atoms with Crippen LogP contribution >= 0.6 is 0 Å². The van der Waals surface area contributed by atoms with Crippen molar-refractivity contribution in [1.29, 1.82) is 5.26 Å². The van der Waals surface area contributed by atoms with E-state index in [1.165, 1.54) is 38.5 Å². The third-order valence-corrected chi connectivity index (χ3v) is 8.13. The lowest BCUT2D eigenvalue weighted by Crippen LogP contribution is -2.53.